The fourth-order valence-electron chi connectivity index (χ4n) is 1.93. The number of likely N-dealkylation sites (N-methyl/N-ethyl adjacent to an activating group) is 1. The minimum atomic E-state index is -1.05. The van der Waals surface area contributed by atoms with Crippen LogP contribution in [0.15, 0.2) is 18.2 Å². The SMILES string of the molecule is CCN(CC)C(=O)C(C)Oc1ccc(C(=O)O)cc1OC. The Morgan fingerprint density at radius 1 is 1.24 bits per heavy atom. The minimum Gasteiger partial charge on any atom is -0.493 e. The standard InChI is InChI=1S/C15H21NO5/c1-5-16(6-2)14(17)10(3)21-12-8-7-11(15(18)19)9-13(12)20-4/h7-10H,5-6H2,1-4H3,(H,18,19). The van der Waals surface area contributed by atoms with E-state index in [2.05, 4.69) is 0 Å². The molecule has 0 saturated carbocycles. The maximum atomic E-state index is 12.2. The Balaban J connectivity index is 2.92. The van der Waals surface area contributed by atoms with Crippen LogP contribution < -0.4 is 9.47 Å². The Labute approximate surface area is 124 Å². The molecule has 0 radical (unpaired) electrons. The van der Waals surface area contributed by atoms with Crippen LogP contribution in [0.25, 0.3) is 0 Å². The summed E-state index contributed by atoms with van der Waals surface area (Å²) in [5.41, 5.74) is 0.0990. The zero-order valence-electron chi connectivity index (χ0n) is 12.8. The lowest BCUT2D eigenvalue weighted by atomic mass is 10.2. The zero-order chi connectivity index (χ0) is 16.0. The lowest BCUT2D eigenvalue weighted by Gasteiger charge is -2.24. The van der Waals surface area contributed by atoms with Gasteiger partial charge in [-0.25, -0.2) is 4.79 Å². The quantitative estimate of drug-likeness (QED) is 0.833. The van der Waals surface area contributed by atoms with Gasteiger partial charge in [0.25, 0.3) is 5.91 Å². The fourth-order valence-corrected chi connectivity index (χ4v) is 1.93. The maximum absolute atomic E-state index is 12.2. The van der Waals surface area contributed by atoms with Crippen molar-refractivity contribution < 1.29 is 24.2 Å². The van der Waals surface area contributed by atoms with Gasteiger partial charge in [-0.3, -0.25) is 4.79 Å². The number of methoxy groups -OCH3 is 1. The van der Waals surface area contributed by atoms with E-state index in [4.69, 9.17) is 14.6 Å². The van der Waals surface area contributed by atoms with E-state index < -0.39 is 12.1 Å². The summed E-state index contributed by atoms with van der Waals surface area (Å²) in [6, 6.07) is 4.27. The molecular formula is C15H21NO5. The summed E-state index contributed by atoms with van der Waals surface area (Å²) in [6.07, 6.45) is -0.672. The predicted octanol–water partition coefficient (Wildman–Crippen LogP) is 2.03. The number of carbonyl (C=O) groups is 2. The Kier molecular flexibility index (Phi) is 6.02. The van der Waals surface area contributed by atoms with Crippen LogP contribution in [0.4, 0.5) is 0 Å². The first-order chi connectivity index (χ1) is 9.94. The first kappa shape index (κ1) is 16.8. The number of ether oxygens (including phenoxy) is 2. The molecule has 1 unspecified atom stereocenters. The largest absolute Gasteiger partial charge is 0.493 e. The molecule has 1 aromatic carbocycles. The third-order valence-corrected chi connectivity index (χ3v) is 3.14. The number of benzene rings is 1. The number of hydrogen-bond acceptors (Lipinski definition) is 4. The van der Waals surface area contributed by atoms with Crippen molar-refractivity contribution in [2.75, 3.05) is 20.2 Å². The van der Waals surface area contributed by atoms with Gasteiger partial charge < -0.3 is 19.5 Å². The van der Waals surface area contributed by atoms with Crippen LogP contribution in [0.5, 0.6) is 11.5 Å². The molecule has 1 amide bonds. The van der Waals surface area contributed by atoms with Gasteiger partial charge in [0.2, 0.25) is 0 Å². The average Bonchev–Trinajstić information content (AvgIpc) is 2.48. The number of amides is 1. The molecule has 1 atom stereocenters. The van der Waals surface area contributed by atoms with Gasteiger partial charge in [-0.2, -0.15) is 0 Å². The van der Waals surface area contributed by atoms with E-state index in [0.717, 1.165) is 0 Å². The Bertz CT molecular complexity index is 511. The third kappa shape index (κ3) is 4.11. The van der Waals surface area contributed by atoms with Crippen LogP contribution in [-0.2, 0) is 4.79 Å². The molecule has 1 aromatic rings. The summed E-state index contributed by atoms with van der Waals surface area (Å²) in [5, 5.41) is 8.95. The molecule has 6 heteroatoms. The van der Waals surface area contributed by atoms with Crippen LogP contribution in [0.1, 0.15) is 31.1 Å². The summed E-state index contributed by atoms with van der Waals surface area (Å²) in [6.45, 7) is 6.67. The molecule has 0 aromatic heterocycles. The number of hydrogen-bond donors (Lipinski definition) is 1. The zero-order valence-corrected chi connectivity index (χ0v) is 12.8. The van der Waals surface area contributed by atoms with Crippen molar-refractivity contribution >= 4 is 11.9 Å². The number of aromatic carboxylic acids is 1. The highest BCUT2D eigenvalue weighted by atomic mass is 16.5. The van der Waals surface area contributed by atoms with E-state index in [1.165, 1.54) is 25.3 Å². The van der Waals surface area contributed by atoms with Gasteiger partial charge in [0.05, 0.1) is 12.7 Å². The predicted molar refractivity (Wildman–Crippen MR) is 78.0 cm³/mol. The number of rotatable bonds is 7. The average molecular weight is 295 g/mol. The van der Waals surface area contributed by atoms with Crippen LogP contribution >= 0.6 is 0 Å². The Hall–Kier alpha value is -2.24. The normalized spacial score (nSPS) is 11.6. The van der Waals surface area contributed by atoms with Crippen molar-refractivity contribution in [3.63, 3.8) is 0 Å². The first-order valence-electron chi connectivity index (χ1n) is 6.81. The van der Waals surface area contributed by atoms with Gasteiger partial charge in [0, 0.05) is 13.1 Å². The summed E-state index contributed by atoms with van der Waals surface area (Å²) in [5.74, 6) is -0.541. The smallest absolute Gasteiger partial charge is 0.335 e. The fraction of sp³-hybridized carbons (Fsp3) is 0.467. The van der Waals surface area contributed by atoms with Gasteiger partial charge >= 0.3 is 5.97 Å². The van der Waals surface area contributed by atoms with E-state index in [0.29, 0.717) is 18.8 Å². The van der Waals surface area contributed by atoms with E-state index in [1.807, 2.05) is 13.8 Å². The summed E-state index contributed by atoms with van der Waals surface area (Å²) in [7, 11) is 1.42. The maximum Gasteiger partial charge on any atom is 0.335 e. The summed E-state index contributed by atoms with van der Waals surface area (Å²) in [4.78, 5) is 24.7. The first-order valence-corrected chi connectivity index (χ1v) is 6.81. The highest BCUT2D eigenvalue weighted by Gasteiger charge is 2.21. The third-order valence-electron chi connectivity index (χ3n) is 3.14. The molecule has 6 nitrogen and oxygen atoms in total. The lowest BCUT2D eigenvalue weighted by Crippen LogP contribution is -2.40. The Morgan fingerprint density at radius 2 is 1.86 bits per heavy atom. The van der Waals surface area contributed by atoms with Gasteiger partial charge in [-0.05, 0) is 39.0 Å². The van der Waals surface area contributed by atoms with Crippen LogP contribution in [0.3, 0.4) is 0 Å². The van der Waals surface area contributed by atoms with Gasteiger partial charge in [0.1, 0.15) is 0 Å². The molecule has 21 heavy (non-hydrogen) atoms. The second-order valence-electron chi connectivity index (χ2n) is 4.44. The Morgan fingerprint density at radius 3 is 2.33 bits per heavy atom. The molecule has 1 rings (SSSR count). The number of carboxylic acids is 1. The second-order valence-corrected chi connectivity index (χ2v) is 4.44. The van der Waals surface area contributed by atoms with Crippen molar-refractivity contribution in [2.45, 2.75) is 26.9 Å². The minimum absolute atomic E-state index is 0.0990. The molecule has 0 aliphatic rings. The monoisotopic (exact) mass is 295 g/mol. The second kappa shape index (κ2) is 7.52. The van der Waals surface area contributed by atoms with Crippen molar-refractivity contribution in [1.82, 2.24) is 4.90 Å². The molecule has 0 bridgehead atoms. The van der Waals surface area contributed by atoms with Gasteiger partial charge in [-0.1, -0.05) is 0 Å². The topological polar surface area (TPSA) is 76.1 Å². The van der Waals surface area contributed by atoms with Crippen LogP contribution in [0.2, 0.25) is 0 Å². The molecule has 116 valence electrons. The summed E-state index contributed by atoms with van der Waals surface area (Å²) < 4.78 is 10.7. The van der Waals surface area contributed by atoms with E-state index in [9.17, 15) is 9.59 Å². The molecule has 0 heterocycles. The lowest BCUT2D eigenvalue weighted by molar-refractivity contribution is -0.137. The summed E-state index contributed by atoms with van der Waals surface area (Å²) >= 11 is 0. The van der Waals surface area contributed by atoms with Crippen LogP contribution in [-0.4, -0.2) is 48.2 Å². The number of carboxylic acid groups (broad SMARTS) is 1. The number of carbonyl (C=O) groups excluding carboxylic acids is 1. The molecule has 1 N–H and O–H groups in total. The van der Waals surface area contributed by atoms with Gasteiger partial charge in [-0.15, -0.1) is 0 Å². The molecule has 0 aliphatic carbocycles. The van der Waals surface area contributed by atoms with Crippen molar-refractivity contribution in [3.8, 4) is 11.5 Å². The van der Waals surface area contributed by atoms with Crippen molar-refractivity contribution in [1.29, 1.82) is 0 Å². The van der Waals surface area contributed by atoms with Crippen molar-refractivity contribution in [2.24, 2.45) is 0 Å². The molecule has 0 fully saturated rings. The van der Waals surface area contributed by atoms with E-state index in [1.54, 1.807) is 11.8 Å². The molecule has 0 saturated heterocycles. The molecule has 0 spiro atoms. The highest BCUT2D eigenvalue weighted by Crippen LogP contribution is 2.29. The van der Waals surface area contributed by atoms with E-state index >= 15 is 0 Å². The molecular weight excluding hydrogens is 274 g/mol. The highest BCUT2D eigenvalue weighted by molar-refractivity contribution is 5.88. The van der Waals surface area contributed by atoms with E-state index in [-0.39, 0.29) is 17.2 Å². The molecule has 0 aliphatic heterocycles. The van der Waals surface area contributed by atoms with Crippen molar-refractivity contribution in [3.05, 3.63) is 23.8 Å². The number of nitrogens with zero attached hydrogens (tertiary/aromatic N) is 1. The van der Waals surface area contributed by atoms with Crippen LogP contribution in [0, 0.1) is 0 Å². The van der Waals surface area contributed by atoms with Gasteiger partial charge in [0.15, 0.2) is 17.6 Å².